The first-order chi connectivity index (χ1) is 7.79. The molecule has 2 rings (SSSR count). The molecule has 0 spiro atoms. The summed E-state index contributed by atoms with van der Waals surface area (Å²) >= 11 is 0. The minimum absolute atomic E-state index is 0.0582. The fraction of sp³-hybridized carbons (Fsp3) is 0.909. The summed E-state index contributed by atoms with van der Waals surface area (Å²) < 4.78 is 11.3. The Morgan fingerprint density at radius 3 is 2.75 bits per heavy atom. The van der Waals surface area contributed by atoms with Gasteiger partial charge in [0.05, 0.1) is 18.8 Å². The molecule has 0 aromatic rings. The predicted molar refractivity (Wildman–Crippen MR) is 58.4 cm³/mol. The molecular weight excluding hydrogens is 208 g/mol. The van der Waals surface area contributed by atoms with E-state index in [4.69, 9.17) is 15.3 Å². The van der Waals surface area contributed by atoms with Crippen LogP contribution in [0.5, 0.6) is 0 Å². The van der Waals surface area contributed by atoms with Crippen LogP contribution in [0, 0.1) is 0 Å². The van der Waals surface area contributed by atoms with Crippen molar-refractivity contribution in [3.8, 4) is 0 Å². The molecule has 0 aromatic heterocycles. The summed E-state index contributed by atoms with van der Waals surface area (Å²) in [4.78, 5) is 11.2. The first-order valence-corrected chi connectivity index (χ1v) is 6.07. The molecule has 5 nitrogen and oxygen atoms in total. The third kappa shape index (κ3) is 2.93. The highest BCUT2D eigenvalue weighted by atomic mass is 16.5. The molecule has 1 saturated heterocycles. The van der Waals surface area contributed by atoms with Crippen molar-refractivity contribution < 1.29 is 14.3 Å². The Morgan fingerprint density at radius 2 is 2.06 bits per heavy atom. The van der Waals surface area contributed by atoms with E-state index in [1.165, 1.54) is 25.7 Å². The standard InChI is InChI=1S/C11H20N2O3/c12-13-11(14)10-6-5-9(16-10)7-15-8-3-1-2-4-8/h8-10H,1-7,12H2,(H,13,14). The van der Waals surface area contributed by atoms with Crippen LogP contribution in [0.3, 0.4) is 0 Å². The average Bonchev–Trinajstić information content (AvgIpc) is 2.96. The van der Waals surface area contributed by atoms with Crippen LogP contribution in [0.1, 0.15) is 38.5 Å². The molecule has 2 aliphatic rings. The van der Waals surface area contributed by atoms with Crippen LogP contribution < -0.4 is 11.3 Å². The largest absolute Gasteiger partial charge is 0.376 e. The lowest BCUT2D eigenvalue weighted by Crippen LogP contribution is -2.39. The molecule has 3 N–H and O–H groups in total. The third-order valence-corrected chi connectivity index (χ3v) is 3.36. The Balaban J connectivity index is 1.66. The van der Waals surface area contributed by atoms with Gasteiger partial charge in [-0.2, -0.15) is 0 Å². The highest BCUT2D eigenvalue weighted by Gasteiger charge is 2.31. The van der Waals surface area contributed by atoms with E-state index in [0.717, 1.165) is 12.8 Å². The number of hydrogen-bond donors (Lipinski definition) is 2. The van der Waals surface area contributed by atoms with Gasteiger partial charge in [0.1, 0.15) is 6.10 Å². The first kappa shape index (κ1) is 11.8. The van der Waals surface area contributed by atoms with E-state index in [1.54, 1.807) is 0 Å². The molecule has 16 heavy (non-hydrogen) atoms. The number of rotatable bonds is 4. The lowest BCUT2D eigenvalue weighted by atomic mass is 10.2. The molecule has 0 aromatic carbocycles. The zero-order valence-electron chi connectivity index (χ0n) is 9.48. The van der Waals surface area contributed by atoms with Gasteiger partial charge in [0, 0.05) is 0 Å². The van der Waals surface area contributed by atoms with Crippen molar-refractivity contribution in [3.63, 3.8) is 0 Å². The molecule has 92 valence electrons. The SMILES string of the molecule is NNC(=O)C1CCC(COC2CCCC2)O1. The minimum Gasteiger partial charge on any atom is -0.376 e. The van der Waals surface area contributed by atoms with Crippen molar-refractivity contribution in [2.24, 2.45) is 5.84 Å². The molecule has 2 atom stereocenters. The lowest BCUT2D eigenvalue weighted by Gasteiger charge is -2.16. The second-order valence-corrected chi connectivity index (χ2v) is 4.57. The van der Waals surface area contributed by atoms with Gasteiger partial charge in [0.15, 0.2) is 0 Å². The van der Waals surface area contributed by atoms with Gasteiger partial charge < -0.3 is 9.47 Å². The van der Waals surface area contributed by atoms with Crippen molar-refractivity contribution in [1.82, 2.24) is 5.43 Å². The van der Waals surface area contributed by atoms with Crippen molar-refractivity contribution in [1.29, 1.82) is 0 Å². The third-order valence-electron chi connectivity index (χ3n) is 3.36. The zero-order valence-corrected chi connectivity index (χ0v) is 9.48. The van der Waals surface area contributed by atoms with Gasteiger partial charge in [-0.1, -0.05) is 12.8 Å². The van der Waals surface area contributed by atoms with Gasteiger partial charge in [-0.25, -0.2) is 5.84 Å². The maximum Gasteiger partial charge on any atom is 0.263 e. The van der Waals surface area contributed by atoms with Gasteiger partial charge in [-0.3, -0.25) is 10.2 Å². The molecular formula is C11H20N2O3. The van der Waals surface area contributed by atoms with Crippen molar-refractivity contribution >= 4 is 5.91 Å². The number of nitrogens with two attached hydrogens (primary N) is 1. The van der Waals surface area contributed by atoms with Gasteiger partial charge in [0.2, 0.25) is 0 Å². The van der Waals surface area contributed by atoms with Crippen LogP contribution in [0.25, 0.3) is 0 Å². The lowest BCUT2D eigenvalue weighted by molar-refractivity contribution is -0.134. The Hall–Kier alpha value is -0.650. The normalized spacial score (nSPS) is 30.8. The summed E-state index contributed by atoms with van der Waals surface area (Å²) in [5, 5.41) is 0. The summed E-state index contributed by atoms with van der Waals surface area (Å²) in [6.07, 6.45) is 6.57. The molecule has 2 unspecified atom stereocenters. The number of carbonyl (C=O) groups excluding carboxylic acids is 1. The topological polar surface area (TPSA) is 73.6 Å². The predicted octanol–water partition coefficient (Wildman–Crippen LogP) is 0.483. The maximum absolute atomic E-state index is 11.2. The Bertz CT molecular complexity index is 241. The van der Waals surface area contributed by atoms with Crippen LogP contribution in [-0.4, -0.2) is 30.8 Å². The minimum atomic E-state index is -0.387. The smallest absolute Gasteiger partial charge is 0.263 e. The van der Waals surface area contributed by atoms with Crippen molar-refractivity contribution in [2.75, 3.05) is 6.61 Å². The molecule has 1 aliphatic heterocycles. The molecule has 0 bridgehead atoms. The quantitative estimate of drug-likeness (QED) is 0.417. The fourth-order valence-corrected chi connectivity index (χ4v) is 2.41. The fourth-order valence-electron chi connectivity index (χ4n) is 2.41. The van der Waals surface area contributed by atoms with Crippen molar-refractivity contribution in [2.45, 2.75) is 56.8 Å². The Labute approximate surface area is 95.6 Å². The van der Waals surface area contributed by atoms with Crippen LogP contribution >= 0.6 is 0 Å². The van der Waals surface area contributed by atoms with E-state index < -0.39 is 0 Å². The first-order valence-electron chi connectivity index (χ1n) is 6.07. The Kier molecular flexibility index (Phi) is 4.15. The van der Waals surface area contributed by atoms with E-state index in [0.29, 0.717) is 12.7 Å². The zero-order chi connectivity index (χ0) is 11.4. The monoisotopic (exact) mass is 228 g/mol. The van der Waals surface area contributed by atoms with Crippen LogP contribution in [0.15, 0.2) is 0 Å². The highest BCUT2D eigenvalue weighted by Crippen LogP contribution is 2.24. The number of nitrogens with one attached hydrogen (secondary N) is 1. The van der Waals surface area contributed by atoms with E-state index in [1.807, 2.05) is 0 Å². The van der Waals surface area contributed by atoms with Gasteiger partial charge >= 0.3 is 0 Å². The summed E-state index contributed by atoms with van der Waals surface area (Å²) in [7, 11) is 0. The molecule has 1 amide bonds. The van der Waals surface area contributed by atoms with E-state index in [9.17, 15) is 4.79 Å². The summed E-state index contributed by atoms with van der Waals surface area (Å²) in [6, 6.07) is 0. The second kappa shape index (κ2) is 5.61. The van der Waals surface area contributed by atoms with Crippen LogP contribution in [0.4, 0.5) is 0 Å². The molecule has 1 heterocycles. The summed E-state index contributed by atoms with van der Waals surface area (Å²) in [5.41, 5.74) is 2.12. The second-order valence-electron chi connectivity index (χ2n) is 4.57. The Morgan fingerprint density at radius 1 is 1.31 bits per heavy atom. The van der Waals surface area contributed by atoms with Crippen molar-refractivity contribution in [3.05, 3.63) is 0 Å². The van der Waals surface area contributed by atoms with E-state index in [-0.39, 0.29) is 18.1 Å². The van der Waals surface area contributed by atoms with Gasteiger partial charge in [0.25, 0.3) is 5.91 Å². The van der Waals surface area contributed by atoms with Gasteiger partial charge in [-0.05, 0) is 25.7 Å². The van der Waals surface area contributed by atoms with Gasteiger partial charge in [-0.15, -0.1) is 0 Å². The molecule has 2 fully saturated rings. The van der Waals surface area contributed by atoms with E-state index >= 15 is 0 Å². The van der Waals surface area contributed by atoms with Crippen LogP contribution in [0.2, 0.25) is 0 Å². The maximum atomic E-state index is 11.2. The summed E-state index contributed by atoms with van der Waals surface area (Å²) in [6.45, 7) is 0.610. The molecule has 0 radical (unpaired) electrons. The average molecular weight is 228 g/mol. The number of hydrazine groups is 1. The number of amides is 1. The molecule has 1 saturated carbocycles. The van der Waals surface area contributed by atoms with E-state index in [2.05, 4.69) is 5.43 Å². The summed E-state index contributed by atoms with van der Waals surface area (Å²) in [5.74, 6) is 4.83. The molecule has 1 aliphatic carbocycles. The number of carbonyl (C=O) groups is 1. The molecule has 5 heteroatoms. The van der Waals surface area contributed by atoms with Crippen LogP contribution in [-0.2, 0) is 14.3 Å². The highest BCUT2D eigenvalue weighted by molar-refractivity contribution is 5.80. The number of ether oxygens (including phenoxy) is 2. The number of hydrogen-bond acceptors (Lipinski definition) is 4.